The van der Waals surface area contributed by atoms with Crippen molar-refractivity contribution in [1.29, 1.82) is 0 Å². The molecule has 1 saturated heterocycles. The number of rotatable bonds is 4. The second kappa shape index (κ2) is 6.25. The van der Waals surface area contributed by atoms with Gasteiger partial charge in [0.15, 0.2) is 0 Å². The summed E-state index contributed by atoms with van der Waals surface area (Å²) in [7, 11) is 1.97. The van der Waals surface area contributed by atoms with Crippen LogP contribution in [0.3, 0.4) is 0 Å². The minimum atomic E-state index is -0.0131. The molecule has 2 heterocycles. The van der Waals surface area contributed by atoms with Crippen LogP contribution >= 0.6 is 11.6 Å². The molecule has 5 heteroatoms. The van der Waals surface area contributed by atoms with E-state index in [0.717, 1.165) is 38.4 Å². The van der Waals surface area contributed by atoms with Crippen LogP contribution in [0, 0.1) is 5.92 Å². The molecule has 1 fully saturated rings. The minimum absolute atomic E-state index is 0.0131. The first kappa shape index (κ1) is 13.4. The zero-order valence-electron chi connectivity index (χ0n) is 10.6. The molecule has 0 radical (unpaired) electrons. The fourth-order valence-corrected chi connectivity index (χ4v) is 2.58. The summed E-state index contributed by atoms with van der Waals surface area (Å²) < 4.78 is 4.96. The molecule has 18 heavy (non-hydrogen) atoms. The highest BCUT2D eigenvalue weighted by molar-refractivity contribution is 6.32. The number of hydrogen-bond donors (Lipinski definition) is 1. The predicted octanol–water partition coefficient (Wildman–Crippen LogP) is 2.39. The van der Waals surface area contributed by atoms with Crippen molar-refractivity contribution >= 4 is 17.5 Å². The Morgan fingerprint density at radius 1 is 1.56 bits per heavy atom. The summed E-state index contributed by atoms with van der Waals surface area (Å²) in [5.41, 5.74) is 0.477. The predicted molar refractivity (Wildman–Crippen MR) is 70.9 cm³/mol. The lowest BCUT2D eigenvalue weighted by Gasteiger charge is -2.31. The molecule has 0 saturated carbocycles. The standard InChI is InChI=1S/C13H19ClN2O2/c1-15-6-2-10-3-7-16(8-4-10)13(17)11-5-9-18-12(11)14/h5,9-10,15H,2-4,6-8H2,1H3. The van der Waals surface area contributed by atoms with Crippen molar-refractivity contribution in [3.05, 3.63) is 23.1 Å². The van der Waals surface area contributed by atoms with Crippen molar-refractivity contribution in [2.75, 3.05) is 26.7 Å². The van der Waals surface area contributed by atoms with E-state index in [1.54, 1.807) is 6.07 Å². The lowest BCUT2D eigenvalue weighted by Crippen LogP contribution is -2.38. The first-order chi connectivity index (χ1) is 8.72. The Morgan fingerprint density at radius 3 is 2.83 bits per heavy atom. The van der Waals surface area contributed by atoms with E-state index in [1.165, 1.54) is 12.7 Å². The number of hydrogen-bond acceptors (Lipinski definition) is 3. The van der Waals surface area contributed by atoms with Gasteiger partial charge in [0.25, 0.3) is 5.91 Å². The van der Waals surface area contributed by atoms with E-state index < -0.39 is 0 Å². The molecule has 1 aliphatic heterocycles. The third-order valence-corrected chi connectivity index (χ3v) is 3.85. The Balaban J connectivity index is 1.86. The molecule has 1 aromatic rings. The number of carbonyl (C=O) groups is 1. The molecule has 100 valence electrons. The van der Waals surface area contributed by atoms with Crippen LogP contribution in [-0.4, -0.2) is 37.5 Å². The molecule has 0 bridgehead atoms. The van der Waals surface area contributed by atoms with Gasteiger partial charge in [-0.3, -0.25) is 4.79 Å². The van der Waals surface area contributed by atoms with Gasteiger partial charge in [-0.2, -0.15) is 0 Å². The van der Waals surface area contributed by atoms with Crippen LogP contribution in [0.2, 0.25) is 5.22 Å². The van der Waals surface area contributed by atoms with Crippen LogP contribution in [0.1, 0.15) is 29.6 Å². The van der Waals surface area contributed by atoms with Crippen LogP contribution in [0.15, 0.2) is 16.7 Å². The van der Waals surface area contributed by atoms with Gasteiger partial charge in [-0.15, -0.1) is 0 Å². The lowest BCUT2D eigenvalue weighted by atomic mass is 9.93. The van der Waals surface area contributed by atoms with Gasteiger partial charge in [-0.25, -0.2) is 0 Å². The van der Waals surface area contributed by atoms with Gasteiger partial charge in [0.1, 0.15) is 0 Å². The third kappa shape index (κ3) is 3.06. The van der Waals surface area contributed by atoms with Crippen LogP contribution < -0.4 is 5.32 Å². The normalized spacial score (nSPS) is 17.1. The maximum Gasteiger partial charge on any atom is 0.258 e. The molecular weight excluding hydrogens is 252 g/mol. The highest BCUT2D eigenvalue weighted by atomic mass is 35.5. The summed E-state index contributed by atoms with van der Waals surface area (Å²) in [6.07, 6.45) is 4.78. The molecule has 1 aliphatic rings. The van der Waals surface area contributed by atoms with Crippen LogP contribution in [0.4, 0.5) is 0 Å². The van der Waals surface area contributed by atoms with Gasteiger partial charge in [0, 0.05) is 13.1 Å². The number of nitrogens with zero attached hydrogens (tertiary/aromatic N) is 1. The van der Waals surface area contributed by atoms with E-state index in [4.69, 9.17) is 16.0 Å². The highest BCUT2D eigenvalue weighted by Crippen LogP contribution is 2.24. The second-order valence-corrected chi connectivity index (χ2v) is 5.08. The van der Waals surface area contributed by atoms with Gasteiger partial charge >= 0.3 is 0 Å². The first-order valence-electron chi connectivity index (χ1n) is 6.39. The second-order valence-electron chi connectivity index (χ2n) is 4.74. The van der Waals surface area contributed by atoms with Gasteiger partial charge in [-0.1, -0.05) is 0 Å². The number of likely N-dealkylation sites (tertiary alicyclic amines) is 1. The minimum Gasteiger partial charge on any atom is -0.452 e. The summed E-state index contributed by atoms with van der Waals surface area (Å²) in [4.78, 5) is 14.0. The van der Waals surface area contributed by atoms with Crippen molar-refractivity contribution in [3.8, 4) is 0 Å². The lowest BCUT2D eigenvalue weighted by molar-refractivity contribution is 0.0686. The highest BCUT2D eigenvalue weighted by Gasteiger charge is 2.25. The number of halogens is 1. The van der Waals surface area contributed by atoms with Gasteiger partial charge < -0.3 is 14.6 Å². The van der Waals surface area contributed by atoms with Crippen LogP contribution in [0.25, 0.3) is 0 Å². The topological polar surface area (TPSA) is 45.5 Å². The largest absolute Gasteiger partial charge is 0.452 e. The van der Waals surface area contributed by atoms with E-state index in [0.29, 0.717) is 5.56 Å². The molecule has 1 amide bonds. The molecule has 0 aliphatic carbocycles. The smallest absolute Gasteiger partial charge is 0.258 e. The maximum absolute atomic E-state index is 12.2. The SMILES string of the molecule is CNCCC1CCN(C(=O)c2ccoc2Cl)CC1. The van der Waals surface area contributed by atoms with Gasteiger partial charge in [-0.05, 0) is 56.4 Å². The third-order valence-electron chi connectivity index (χ3n) is 3.55. The van der Waals surface area contributed by atoms with Crippen molar-refractivity contribution in [1.82, 2.24) is 10.2 Å². The Hall–Kier alpha value is -1.00. The van der Waals surface area contributed by atoms with E-state index in [2.05, 4.69) is 5.32 Å². The average Bonchev–Trinajstić information content (AvgIpc) is 2.82. The molecular formula is C13H19ClN2O2. The molecule has 4 nitrogen and oxygen atoms in total. The molecule has 0 atom stereocenters. The zero-order valence-corrected chi connectivity index (χ0v) is 11.4. The molecule has 0 spiro atoms. The number of piperidine rings is 1. The summed E-state index contributed by atoms with van der Waals surface area (Å²) in [6.45, 7) is 2.68. The van der Waals surface area contributed by atoms with E-state index in [1.807, 2.05) is 11.9 Å². The number of nitrogens with one attached hydrogen (secondary N) is 1. The van der Waals surface area contributed by atoms with Crippen LogP contribution in [-0.2, 0) is 0 Å². The summed E-state index contributed by atoms with van der Waals surface area (Å²) >= 11 is 5.83. The van der Waals surface area contributed by atoms with Gasteiger partial charge in [0.2, 0.25) is 5.22 Å². The molecule has 2 rings (SSSR count). The monoisotopic (exact) mass is 270 g/mol. The van der Waals surface area contributed by atoms with Crippen molar-refractivity contribution in [2.24, 2.45) is 5.92 Å². The quantitative estimate of drug-likeness (QED) is 0.914. The average molecular weight is 271 g/mol. The molecule has 0 aromatic carbocycles. The number of carbonyl (C=O) groups excluding carboxylic acids is 1. The Morgan fingerprint density at radius 2 is 2.28 bits per heavy atom. The van der Waals surface area contributed by atoms with Crippen molar-refractivity contribution in [3.63, 3.8) is 0 Å². The van der Waals surface area contributed by atoms with E-state index in [9.17, 15) is 4.79 Å². The van der Waals surface area contributed by atoms with Gasteiger partial charge in [0.05, 0.1) is 11.8 Å². The number of amides is 1. The molecule has 1 N–H and O–H groups in total. The van der Waals surface area contributed by atoms with Crippen LogP contribution in [0.5, 0.6) is 0 Å². The Kier molecular flexibility index (Phi) is 4.66. The van der Waals surface area contributed by atoms with E-state index in [-0.39, 0.29) is 11.1 Å². The fraction of sp³-hybridized carbons (Fsp3) is 0.615. The fourth-order valence-electron chi connectivity index (χ4n) is 2.39. The summed E-state index contributed by atoms with van der Waals surface area (Å²) in [5.74, 6) is 0.710. The van der Waals surface area contributed by atoms with Crippen molar-refractivity contribution in [2.45, 2.75) is 19.3 Å². The molecule has 0 unspecified atom stereocenters. The Bertz CT molecular complexity index is 397. The Labute approximate surface area is 112 Å². The summed E-state index contributed by atoms with van der Waals surface area (Å²) in [5, 5.41) is 3.36. The van der Waals surface area contributed by atoms with E-state index >= 15 is 0 Å². The summed E-state index contributed by atoms with van der Waals surface area (Å²) in [6, 6.07) is 1.64. The first-order valence-corrected chi connectivity index (χ1v) is 6.77. The maximum atomic E-state index is 12.2. The van der Waals surface area contributed by atoms with Crippen molar-refractivity contribution < 1.29 is 9.21 Å². The molecule has 1 aromatic heterocycles. The number of furan rings is 1. The zero-order chi connectivity index (χ0) is 13.0.